The third-order valence-electron chi connectivity index (χ3n) is 6.81. The summed E-state index contributed by atoms with van der Waals surface area (Å²) in [4.78, 5) is 29.9. The number of piperidine rings is 1. The zero-order chi connectivity index (χ0) is 22.7. The van der Waals surface area contributed by atoms with Crippen molar-refractivity contribution in [1.29, 1.82) is 0 Å². The number of likely N-dealkylation sites (tertiary alicyclic amines) is 1. The number of hydrogen-bond donors (Lipinski definition) is 1. The maximum absolute atomic E-state index is 13.1. The van der Waals surface area contributed by atoms with E-state index in [0.717, 1.165) is 48.0 Å². The number of hydrogen-bond acceptors (Lipinski definition) is 3. The van der Waals surface area contributed by atoms with Crippen LogP contribution in [-0.4, -0.2) is 52.0 Å². The van der Waals surface area contributed by atoms with Crippen molar-refractivity contribution in [1.82, 2.24) is 9.80 Å². The van der Waals surface area contributed by atoms with Crippen LogP contribution in [0.25, 0.3) is 10.8 Å². The van der Waals surface area contributed by atoms with Crippen LogP contribution in [0.1, 0.15) is 24.8 Å². The number of fused-ring (bicyclic) bond motifs is 1. The maximum atomic E-state index is 13.1. The zero-order valence-electron chi connectivity index (χ0n) is 18.7. The van der Waals surface area contributed by atoms with Gasteiger partial charge >= 0.3 is 6.03 Å². The molecule has 0 aliphatic carbocycles. The van der Waals surface area contributed by atoms with E-state index in [4.69, 9.17) is 0 Å². The number of thioether (sulfide) groups is 1. The summed E-state index contributed by atoms with van der Waals surface area (Å²) in [5.74, 6) is 1.21. The van der Waals surface area contributed by atoms with E-state index >= 15 is 0 Å². The van der Waals surface area contributed by atoms with Crippen molar-refractivity contribution in [3.63, 3.8) is 0 Å². The minimum Gasteiger partial charge on any atom is -0.327 e. The summed E-state index contributed by atoms with van der Waals surface area (Å²) >= 11 is 1.89. The second kappa shape index (κ2) is 9.48. The fraction of sp³-hybridized carbons (Fsp3) is 0.333. The molecule has 1 spiro atoms. The second-order valence-electron chi connectivity index (χ2n) is 8.77. The van der Waals surface area contributed by atoms with E-state index in [-0.39, 0.29) is 16.8 Å². The summed E-state index contributed by atoms with van der Waals surface area (Å²) in [6.07, 6.45) is 2.95. The van der Waals surface area contributed by atoms with Crippen molar-refractivity contribution in [2.24, 2.45) is 0 Å². The van der Waals surface area contributed by atoms with Crippen LogP contribution in [0.15, 0.2) is 72.8 Å². The maximum Gasteiger partial charge on any atom is 0.321 e. The Balaban J connectivity index is 1.20. The fourth-order valence-corrected chi connectivity index (χ4v) is 6.47. The molecule has 6 heteroatoms. The summed E-state index contributed by atoms with van der Waals surface area (Å²) in [5.41, 5.74) is 2.04. The van der Waals surface area contributed by atoms with Crippen molar-refractivity contribution in [3.8, 4) is 0 Å². The first kappa shape index (κ1) is 21.8. The molecule has 3 amide bonds. The highest BCUT2D eigenvalue weighted by Crippen LogP contribution is 2.44. The molecule has 2 saturated heterocycles. The van der Waals surface area contributed by atoms with E-state index in [0.29, 0.717) is 19.5 Å². The molecule has 2 aliphatic rings. The lowest BCUT2D eigenvalue weighted by atomic mass is 10.0. The minimum atomic E-state index is -0.163. The Kier molecular flexibility index (Phi) is 6.27. The Morgan fingerprint density at radius 1 is 0.879 bits per heavy atom. The van der Waals surface area contributed by atoms with E-state index < -0.39 is 0 Å². The second-order valence-corrected chi connectivity index (χ2v) is 10.2. The molecule has 1 N–H and O–H groups in total. The van der Waals surface area contributed by atoms with E-state index in [1.807, 2.05) is 65.2 Å². The monoisotopic (exact) mass is 459 g/mol. The summed E-state index contributed by atoms with van der Waals surface area (Å²) in [6.45, 7) is 2.12. The molecular weight excluding hydrogens is 430 g/mol. The SMILES string of the molecule is O=C(Nc1cccc2ccccc12)N1CCC2(CC1)SCCN2C(=O)CCc1ccccc1. The van der Waals surface area contributed by atoms with Gasteiger partial charge in [0, 0.05) is 37.2 Å². The first-order chi connectivity index (χ1) is 16.1. The van der Waals surface area contributed by atoms with E-state index in [1.54, 1.807) is 0 Å². The van der Waals surface area contributed by atoms with Crippen LogP contribution in [0, 0.1) is 0 Å². The van der Waals surface area contributed by atoms with Gasteiger partial charge in [0.05, 0.1) is 10.6 Å². The number of rotatable bonds is 4. The molecule has 0 saturated carbocycles. The molecule has 3 aromatic rings. The quantitative estimate of drug-likeness (QED) is 0.571. The van der Waals surface area contributed by atoms with Gasteiger partial charge in [-0.15, -0.1) is 11.8 Å². The molecule has 0 unspecified atom stereocenters. The Hall–Kier alpha value is -2.99. The summed E-state index contributed by atoms with van der Waals surface area (Å²) in [7, 11) is 0. The van der Waals surface area contributed by atoms with Gasteiger partial charge in [-0.3, -0.25) is 4.79 Å². The Morgan fingerprint density at radius 2 is 1.61 bits per heavy atom. The average molecular weight is 460 g/mol. The molecule has 5 rings (SSSR count). The van der Waals surface area contributed by atoms with Crippen LogP contribution in [0.5, 0.6) is 0 Å². The Labute approximate surface area is 199 Å². The van der Waals surface area contributed by atoms with Gasteiger partial charge in [-0.2, -0.15) is 0 Å². The lowest BCUT2D eigenvalue weighted by Crippen LogP contribution is -2.54. The first-order valence-electron chi connectivity index (χ1n) is 11.7. The zero-order valence-corrected chi connectivity index (χ0v) is 19.5. The summed E-state index contributed by atoms with van der Waals surface area (Å²) in [6, 6.07) is 24.2. The molecule has 5 nitrogen and oxygen atoms in total. The number of benzene rings is 3. The molecule has 170 valence electrons. The van der Waals surface area contributed by atoms with Gasteiger partial charge in [0.25, 0.3) is 0 Å². The van der Waals surface area contributed by atoms with Crippen molar-refractivity contribution < 1.29 is 9.59 Å². The highest BCUT2D eigenvalue weighted by Gasteiger charge is 2.46. The topological polar surface area (TPSA) is 52.7 Å². The normalized spacial score (nSPS) is 17.5. The van der Waals surface area contributed by atoms with Crippen LogP contribution in [0.2, 0.25) is 0 Å². The van der Waals surface area contributed by atoms with Gasteiger partial charge in [-0.1, -0.05) is 66.7 Å². The Bertz CT molecular complexity index is 1140. The lowest BCUT2D eigenvalue weighted by molar-refractivity contribution is -0.134. The smallest absolute Gasteiger partial charge is 0.321 e. The highest BCUT2D eigenvalue weighted by molar-refractivity contribution is 8.00. The predicted octanol–water partition coefficient (Wildman–Crippen LogP) is 5.37. The number of nitrogens with one attached hydrogen (secondary N) is 1. The van der Waals surface area contributed by atoms with Gasteiger partial charge in [-0.05, 0) is 36.3 Å². The molecule has 2 aliphatic heterocycles. The van der Waals surface area contributed by atoms with Crippen LogP contribution in [0.3, 0.4) is 0 Å². The number of carbonyl (C=O) groups excluding carboxylic acids is 2. The van der Waals surface area contributed by atoms with Gasteiger partial charge in [-0.25, -0.2) is 4.79 Å². The van der Waals surface area contributed by atoms with E-state index in [1.165, 1.54) is 5.56 Å². The van der Waals surface area contributed by atoms with E-state index in [9.17, 15) is 9.59 Å². The van der Waals surface area contributed by atoms with Gasteiger partial charge < -0.3 is 15.1 Å². The number of urea groups is 1. The third-order valence-corrected chi connectivity index (χ3v) is 8.36. The molecule has 33 heavy (non-hydrogen) atoms. The van der Waals surface area contributed by atoms with Crippen molar-refractivity contribution in [3.05, 3.63) is 78.4 Å². The molecule has 2 fully saturated rings. The molecule has 0 bridgehead atoms. The summed E-state index contributed by atoms with van der Waals surface area (Å²) < 4.78 is 0. The fourth-order valence-electron chi connectivity index (χ4n) is 4.99. The van der Waals surface area contributed by atoms with Crippen LogP contribution in [0.4, 0.5) is 10.5 Å². The highest BCUT2D eigenvalue weighted by atomic mass is 32.2. The molecule has 0 radical (unpaired) electrons. The summed E-state index contributed by atoms with van der Waals surface area (Å²) in [5, 5.41) is 5.26. The molecule has 3 aromatic carbocycles. The molecule has 0 atom stereocenters. The van der Waals surface area contributed by atoms with Gasteiger partial charge in [0.2, 0.25) is 5.91 Å². The van der Waals surface area contributed by atoms with Crippen molar-refractivity contribution in [2.45, 2.75) is 30.6 Å². The number of nitrogens with zero attached hydrogens (tertiary/aromatic N) is 2. The Morgan fingerprint density at radius 3 is 2.42 bits per heavy atom. The first-order valence-corrected chi connectivity index (χ1v) is 12.7. The molecule has 0 aromatic heterocycles. The minimum absolute atomic E-state index is 0.0637. The van der Waals surface area contributed by atoms with Gasteiger partial charge in [0.1, 0.15) is 0 Å². The number of amides is 3. The van der Waals surface area contributed by atoms with Crippen LogP contribution < -0.4 is 5.32 Å². The third kappa shape index (κ3) is 4.58. The number of carbonyl (C=O) groups is 2. The van der Waals surface area contributed by atoms with E-state index in [2.05, 4.69) is 34.5 Å². The van der Waals surface area contributed by atoms with Crippen molar-refractivity contribution >= 4 is 40.2 Å². The van der Waals surface area contributed by atoms with Gasteiger partial charge in [0.15, 0.2) is 0 Å². The van der Waals surface area contributed by atoms with Crippen LogP contribution in [-0.2, 0) is 11.2 Å². The number of anilines is 1. The molecule has 2 heterocycles. The van der Waals surface area contributed by atoms with Crippen molar-refractivity contribution in [2.75, 3.05) is 30.7 Å². The lowest BCUT2D eigenvalue weighted by Gasteiger charge is -2.44. The molecular formula is C27H29N3O2S. The standard InChI is InChI=1S/C27H29N3O2S/c31-25(14-13-21-7-2-1-3-8-21)30-19-20-33-27(30)15-17-29(18-16-27)26(32)28-24-12-6-10-22-9-4-5-11-23(22)24/h1-12H,13-20H2,(H,28,32). The largest absolute Gasteiger partial charge is 0.327 e. The predicted molar refractivity (Wildman–Crippen MR) is 135 cm³/mol. The van der Waals surface area contributed by atoms with Crippen LogP contribution >= 0.6 is 11.8 Å². The average Bonchev–Trinajstić information content (AvgIpc) is 3.26. The number of aryl methyl sites for hydroxylation is 1.